The number of hydrogen-bond acceptors (Lipinski definition) is 4. The molecule has 0 saturated heterocycles. The number of nitrogens with zero attached hydrogens (tertiary/aromatic N) is 1. The van der Waals surface area contributed by atoms with E-state index < -0.39 is 0 Å². The van der Waals surface area contributed by atoms with Crippen LogP contribution in [0.15, 0.2) is 12.3 Å². The van der Waals surface area contributed by atoms with Crippen LogP contribution in [0.25, 0.3) is 0 Å². The van der Waals surface area contributed by atoms with Crippen molar-refractivity contribution in [2.24, 2.45) is 0 Å². The van der Waals surface area contributed by atoms with E-state index in [0.29, 0.717) is 5.82 Å². The summed E-state index contributed by atoms with van der Waals surface area (Å²) in [6.45, 7) is 2.03. The largest absolute Gasteiger partial charge is 0.383 e. The highest BCUT2D eigenvalue weighted by Gasteiger charge is 2.45. The van der Waals surface area contributed by atoms with Gasteiger partial charge in [-0.2, -0.15) is 0 Å². The van der Waals surface area contributed by atoms with Crippen LogP contribution in [0.3, 0.4) is 0 Å². The third-order valence-electron chi connectivity index (χ3n) is 3.82. The molecular weight excluding hydrogens is 214 g/mol. The fraction of sp³-hybridized carbons (Fsp3) is 0.615. The molecule has 1 fully saturated rings. The summed E-state index contributed by atoms with van der Waals surface area (Å²) in [6, 6.07) is 2.22. The monoisotopic (exact) mass is 235 g/mol. The number of aromatic nitrogens is 1. The quantitative estimate of drug-likeness (QED) is 0.835. The highest BCUT2D eigenvalue weighted by molar-refractivity contribution is 5.44. The second-order valence-electron chi connectivity index (χ2n) is 4.83. The van der Waals surface area contributed by atoms with Gasteiger partial charge >= 0.3 is 0 Å². The van der Waals surface area contributed by atoms with Crippen LogP contribution in [-0.4, -0.2) is 24.7 Å². The molecule has 0 spiro atoms. The van der Waals surface area contributed by atoms with Crippen LogP contribution in [0.1, 0.15) is 36.4 Å². The molecule has 3 N–H and O–H groups in total. The molecule has 1 aliphatic carbocycles. The van der Waals surface area contributed by atoms with Gasteiger partial charge in [0.1, 0.15) is 5.82 Å². The molecule has 1 aliphatic rings. The molecule has 17 heavy (non-hydrogen) atoms. The number of nitrogen functional groups attached to an aromatic ring is 1. The molecule has 4 nitrogen and oxygen atoms in total. The van der Waals surface area contributed by atoms with Crippen LogP contribution in [0, 0.1) is 6.92 Å². The predicted molar refractivity (Wildman–Crippen MR) is 68.8 cm³/mol. The Hall–Kier alpha value is -1.13. The number of methoxy groups -OCH3 is 1. The van der Waals surface area contributed by atoms with Crippen molar-refractivity contribution in [3.8, 4) is 0 Å². The van der Waals surface area contributed by atoms with Crippen molar-refractivity contribution in [2.45, 2.75) is 37.8 Å². The lowest BCUT2D eigenvalue weighted by Crippen LogP contribution is -2.50. The van der Waals surface area contributed by atoms with Gasteiger partial charge in [0.2, 0.25) is 0 Å². The number of nitrogens with two attached hydrogens (primary N) is 1. The van der Waals surface area contributed by atoms with Crippen molar-refractivity contribution in [3.63, 3.8) is 0 Å². The number of likely N-dealkylation sites (N-methyl/N-ethyl adjacent to an activating group) is 1. The second kappa shape index (κ2) is 4.63. The van der Waals surface area contributed by atoms with Gasteiger partial charge in [-0.25, -0.2) is 4.98 Å². The lowest BCUT2D eigenvalue weighted by molar-refractivity contribution is -0.0982. The van der Waals surface area contributed by atoms with Gasteiger partial charge in [-0.05, 0) is 44.9 Å². The standard InChI is InChI=1S/C13H21N3O/c1-9-7-10(12(14)16-8-9)11(15-2)13(17-3)5-4-6-13/h7-8,11,15H,4-6H2,1-3H3,(H2,14,16). The Balaban J connectivity index is 2.37. The van der Waals surface area contributed by atoms with Crippen molar-refractivity contribution in [3.05, 3.63) is 23.4 Å². The van der Waals surface area contributed by atoms with E-state index in [1.807, 2.05) is 14.0 Å². The zero-order valence-corrected chi connectivity index (χ0v) is 10.8. The number of ether oxygens (including phenoxy) is 1. The third kappa shape index (κ3) is 2.03. The minimum absolute atomic E-state index is 0.113. The van der Waals surface area contributed by atoms with E-state index in [9.17, 15) is 0 Å². The molecule has 2 rings (SSSR count). The van der Waals surface area contributed by atoms with Crippen molar-refractivity contribution >= 4 is 5.82 Å². The summed E-state index contributed by atoms with van der Waals surface area (Å²) in [5.41, 5.74) is 8.05. The average molecular weight is 235 g/mol. The first kappa shape index (κ1) is 12.3. The molecule has 1 aromatic heterocycles. The number of aryl methyl sites for hydroxylation is 1. The number of anilines is 1. The summed E-state index contributed by atoms with van der Waals surface area (Å²) in [7, 11) is 3.73. The maximum Gasteiger partial charge on any atom is 0.128 e. The molecule has 1 heterocycles. The normalized spacial score (nSPS) is 19.7. The molecule has 1 unspecified atom stereocenters. The fourth-order valence-electron chi connectivity index (χ4n) is 2.67. The van der Waals surface area contributed by atoms with Gasteiger partial charge in [0.15, 0.2) is 0 Å². The van der Waals surface area contributed by atoms with Crippen LogP contribution in [0.2, 0.25) is 0 Å². The third-order valence-corrected chi connectivity index (χ3v) is 3.82. The summed E-state index contributed by atoms with van der Waals surface area (Å²) in [6.07, 6.45) is 5.15. The summed E-state index contributed by atoms with van der Waals surface area (Å²) >= 11 is 0. The van der Waals surface area contributed by atoms with Crippen LogP contribution in [0.5, 0.6) is 0 Å². The Morgan fingerprint density at radius 3 is 2.71 bits per heavy atom. The van der Waals surface area contributed by atoms with Crippen molar-refractivity contribution in [1.29, 1.82) is 0 Å². The minimum atomic E-state index is -0.113. The van der Waals surface area contributed by atoms with E-state index in [4.69, 9.17) is 10.5 Å². The van der Waals surface area contributed by atoms with E-state index in [-0.39, 0.29) is 11.6 Å². The first-order valence-corrected chi connectivity index (χ1v) is 6.07. The van der Waals surface area contributed by atoms with Crippen LogP contribution in [0.4, 0.5) is 5.82 Å². The number of rotatable bonds is 4. The fourth-order valence-corrected chi connectivity index (χ4v) is 2.67. The Morgan fingerprint density at radius 1 is 1.53 bits per heavy atom. The summed E-state index contributed by atoms with van der Waals surface area (Å²) < 4.78 is 5.73. The maximum atomic E-state index is 5.99. The first-order chi connectivity index (χ1) is 8.13. The molecule has 1 atom stereocenters. The molecular formula is C13H21N3O. The molecule has 0 aromatic carbocycles. The Kier molecular flexibility index (Phi) is 3.35. The van der Waals surface area contributed by atoms with Crippen molar-refractivity contribution < 1.29 is 4.74 Å². The highest BCUT2D eigenvalue weighted by Crippen LogP contribution is 2.45. The van der Waals surface area contributed by atoms with Gasteiger partial charge in [-0.3, -0.25) is 0 Å². The maximum absolute atomic E-state index is 5.99. The van der Waals surface area contributed by atoms with Crippen molar-refractivity contribution in [2.75, 3.05) is 19.9 Å². The van der Waals surface area contributed by atoms with Gasteiger partial charge in [0, 0.05) is 18.9 Å². The van der Waals surface area contributed by atoms with E-state index in [1.165, 1.54) is 6.42 Å². The summed E-state index contributed by atoms with van der Waals surface area (Å²) in [5, 5.41) is 3.34. The number of nitrogens with one attached hydrogen (secondary N) is 1. The zero-order chi connectivity index (χ0) is 12.5. The molecule has 0 bridgehead atoms. The summed E-state index contributed by atoms with van der Waals surface area (Å²) in [5.74, 6) is 0.596. The van der Waals surface area contributed by atoms with Crippen LogP contribution < -0.4 is 11.1 Å². The minimum Gasteiger partial charge on any atom is -0.383 e. The van der Waals surface area contributed by atoms with E-state index >= 15 is 0 Å². The lowest BCUT2D eigenvalue weighted by Gasteiger charge is -2.46. The van der Waals surface area contributed by atoms with Gasteiger partial charge in [0.25, 0.3) is 0 Å². The Bertz CT molecular complexity index is 396. The molecule has 1 aromatic rings. The Labute approximate surface area is 103 Å². The van der Waals surface area contributed by atoms with E-state index in [1.54, 1.807) is 13.3 Å². The predicted octanol–water partition coefficient (Wildman–Crippen LogP) is 1.80. The van der Waals surface area contributed by atoms with Crippen LogP contribution >= 0.6 is 0 Å². The number of hydrogen-bond donors (Lipinski definition) is 2. The van der Waals surface area contributed by atoms with E-state index in [2.05, 4.69) is 16.4 Å². The molecule has 0 amide bonds. The Morgan fingerprint density at radius 2 is 2.24 bits per heavy atom. The average Bonchev–Trinajstić information content (AvgIpc) is 2.27. The van der Waals surface area contributed by atoms with Gasteiger partial charge in [-0.15, -0.1) is 0 Å². The lowest BCUT2D eigenvalue weighted by atomic mass is 9.72. The summed E-state index contributed by atoms with van der Waals surface area (Å²) in [4.78, 5) is 4.24. The molecule has 0 radical (unpaired) electrons. The first-order valence-electron chi connectivity index (χ1n) is 6.07. The molecule has 4 heteroatoms. The highest BCUT2D eigenvalue weighted by atomic mass is 16.5. The van der Waals surface area contributed by atoms with Gasteiger partial charge < -0.3 is 15.8 Å². The molecule has 1 saturated carbocycles. The molecule has 94 valence electrons. The SMILES string of the molecule is CNC(c1cc(C)cnc1N)C1(OC)CCC1. The van der Waals surface area contributed by atoms with Crippen LogP contribution in [-0.2, 0) is 4.74 Å². The van der Waals surface area contributed by atoms with Gasteiger partial charge in [-0.1, -0.05) is 0 Å². The van der Waals surface area contributed by atoms with E-state index in [0.717, 1.165) is 24.0 Å². The number of pyridine rings is 1. The van der Waals surface area contributed by atoms with Gasteiger partial charge in [0.05, 0.1) is 11.6 Å². The second-order valence-corrected chi connectivity index (χ2v) is 4.83. The smallest absolute Gasteiger partial charge is 0.128 e. The zero-order valence-electron chi connectivity index (χ0n) is 10.8. The van der Waals surface area contributed by atoms with Crippen molar-refractivity contribution in [1.82, 2.24) is 10.3 Å². The molecule has 0 aliphatic heterocycles. The topological polar surface area (TPSA) is 60.2 Å².